The van der Waals surface area contributed by atoms with Gasteiger partial charge in [-0.1, -0.05) is 17.7 Å². The molecule has 0 aliphatic heterocycles. The Kier molecular flexibility index (Phi) is 6.15. The monoisotopic (exact) mass is 396 g/mol. The summed E-state index contributed by atoms with van der Waals surface area (Å²) >= 11 is 6.00. The van der Waals surface area contributed by atoms with E-state index in [2.05, 4.69) is 4.72 Å². The molecule has 2 N–H and O–H groups in total. The van der Waals surface area contributed by atoms with Gasteiger partial charge in [0.05, 0.1) is 16.1 Å². The molecule has 0 aliphatic rings. The van der Waals surface area contributed by atoms with Gasteiger partial charge in [0.1, 0.15) is 0 Å². The highest BCUT2D eigenvalue weighted by Gasteiger charge is 2.20. The van der Waals surface area contributed by atoms with Crippen LogP contribution < -0.4 is 9.62 Å². The minimum atomic E-state index is -3.89. The summed E-state index contributed by atoms with van der Waals surface area (Å²) in [5.74, 6) is -1.12. The minimum absolute atomic E-state index is 0.0386. The summed E-state index contributed by atoms with van der Waals surface area (Å²) in [4.78, 5) is 13.6. The Labute approximate surface area is 158 Å². The molecule has 0 fully saturated rings. The zero-order chi connectivity index (χ0) is 19.5. The molecule has 0 atom stereocenters. The van der Waals surface area contributed by atoms with Crippen LogP contribution in [0.15, 0.2) is 41.3 Å². The number of nitrogens with zero attached hydrogens (tertiary/aromatic N) is 1. The molecule has 0 amide bonds. The topological polar surface area (TPSA) is 86.7 Å². The third-order valence-electron chi connectivity index (χ3n) is 4.09. The van der Waals surface area contributed by atoms with Crippen molar-refractivity contribution in [2.75, 3.05) is 22.7 Å². The molecule has 0 aromatic heterocycles. The molecule has 0 unspecified atom stereocenters. The van der Waals surface area contributed by atoms with Crippen molar-refractivity contribution in [1.82, 2.24) is 0 Å². The van der Waals surface area contributed by atoms with Gasteiger partial charge in [0.2, 0.25) is 0 Å². The SMILES string of the molecule is CCN(CC)c1ccc(NS(=O)(=O)c2cccc(Cl)c2C)cc1C(=O)O. The summed E-state index contributed by atoms with van der Waals surface area (Å²) in [5, 5.41) is 9.85. The predicted molar refractivity (Wildman–Crippen MR) is 104 cm³/mol. The van der Waals surface area contributed by atoms with Crippen LogP contribution in [-0.2, 0) is 10.0 Å². The molecule has 0 radical (unpaired) electrons. The molecular weight excluding hydrogens is 376 g/mol. The van der Waals surface area contributed by atoms with Crippen LogP contribution in [0.25, 0.3) is 0 Å². The van der Waals surface area contributed by atoms with Crippen LogP contribution in [0.5, 0.6) is 0 Å². The molecule has 0 spiro atoms. The molecule has 2 rings (SSSR count). The lowest BCUT2D eigenvalue weighted by molar-refractivity contribution is 0.0697. The molecule has 2 aromatic carbocycles. The fourth-order valence-electron chi connectivity index (χ4n) is 2.70. The number of benzene rings is 2. The third-order valence-corrected chi connectivity index (χ3v) is 6.03. The summed E-state index contributed by atoms with van der Waals surface area (Å²) in [5.41, 5.74) is 1.19. The van der Waals surface area contributed by atoms with E-state index < -0.39 is 16.0 Å². The lowest BCUT2D eigenvalue weighted by Crippen LogP contribution is -2.24. The number of halogens is 1. The van der Waals surface area contributed by atoms with Crippen molar-refractivity contribution in [2.24, 2.45) is 0 Å². The Hall–Kier alpha value is -2.25. The first-order valence-corrected chi connectivity index (χ1v) is 9.97. The Morgan fingerprint density at radius 1 is 1.19 bits per heavy atom. The molecule has 0 saturated heterocycles. The lowest BCUT2D eigenvalue weighted by Gasteiger charge is -2.23. The zero-order valence-corrected chi connectivity index (χ0v) is 16.4. The quantitative estimate of drug-likeness (QED) is 0.738. The number of carbonyl (C=O) groups is 1. The van der Waals surface area contributed by atoms with E-state index in [1.165, 1.54) is 12.1 Å². The van der Waals surface area contributed by atoms with Crippen LogP contribution in [0.3, 0.4) is 0 Å². The van der Waals surface area contributed by atoms with Crippen molar-refractivity contribution in [2.45, 2.75) is 25.7 Å². The van der Waals surface area contributed by atoms with E-state index in [1.807, 2.05) is 18.7 Å². The molecule has 0 heterocycles. The number of sulfonamides is 1. The van der Waals surface area contributed by atoms with Crippen LogP contribution in [0.4, 0.5) is 11.4 Å². The Morgan fingerprint density at radius 2 is 1.85 bits per heavy atom. The number of aromatic carboxylic acids is 1. The van der Waals surface area contributed by atoms with Gasteiger partial charge in [-0.25, -0.2) is 13.2 Å². The van der Waals surface area contributed by atoms with Gasteiger partial charge in [0.15, 0.2) is 0 Å². The van der Waals surface area contributed by atoms with E-state index in [0.29, 0.717) is 29.4 Å². The molecule has 8 heteroatoms. The summed E-state index contributed by atoms with van der Waals surface area (Å²) in [6.07, 6.45) is 0. The van der Waals surface area contributed by atoms with Crippen molar-refractivity contribution in [3.63, 3.8) is 0 Å². The summed E-state index contributed by atoms with van der Waals surface area (Å²) in [6.45, 7) is 6.75. The van der Waals surface area contributed by atoms with E-state index in [0.717, 1.165) is 0 Å². The number of rotatable bonds is 7. The van der Waals surface area contributed by atoms with Crippen molar-refractivity contribution >= 4 is 39.0 Å². The fraction of sp³-hybridized carbons (Fsp3) is 0.278. The van der Waals surface area contributed by atoms with Crippen molar-refractivity contribution in [3.8, 4) is 0 Å². The predicted octanol–water partition coefficient (Wildman–Crippen LogP) is 3.99. The smallest absolute Gasteiger partial charge is 0.337 e. The van der Waals surface area contributed by atoms with E-state index in [-0.39, 0.29) is 16.1 Å². The van der Waals surface area contributed by atoms with E-state index in [4.69, 9.17) is 11.6 Å². The lowest BCUT2D eigenvalue weighted by atomic mass is 10.1. The third kappa shape index (κ3) is 4.11. The molecular formula is C18H21ClN2O4S. The highest BCUT2D eigenvalue weighted by Crippen LogP contribution is 2.28. The summed E-state index contributed by atoms with van der Waals surface area (Å²) < 4.78 is 27.8. The van der Waals surface area contributed by atoms with Crippen LogP contribution >= 0.6 is 11.6 Å². The minimum Gasteiger partial charge on any atom is -0.478 e. The molecule has 0 saturated carbocycles. The summed E-state index contributed by atoms with van der Waals surface area (Å²) in [6, 6.07) is 9.10. The number of hydrogen-bond donors (Lipinski definition) is 2. The van der Waals surface area contributed by atoms with E-state index in [9.17, 15) is 18.3 Å². The molecule has 2 aromatic rings. The van der Waals surface area contributed by atoms with Crippen LogP contribution in [-0.4, -0.2) is 32.6 Å². The van der Waals surface area contributed by atoms with Gasteiger partial charge in [-0.15, -0.1) is 0 Å². The second-order valence-corrected chi connectivity index (χ2v) is 7.74. The highest BCUT2D eigenvalue weighted by atomic mass is 35.5. The number of carboxylic acids is 1. The van der Waals surface area contributed by atoms with Crippen LogP contribution in [0, 0.1) is 6.92 Å². The Balaban J connectivity index is 2.45. The standard InChI is InChI=1S/C18H21ClN2O4S/c1-4-21(5-2)16-10-9-13(11-14(16)18(22)23)20-26(24,25)17-8-6-7-15(19)12(17)3/h6-11,20H,4-5H2,1-3H3,(H,22,23). The maximum Gasteiger partial charge on any atom is 0.337 e. The van der Waals surface area contributed by atoms with Gasteiger partial charge in [-0.2, -0.15) is 0 Å². The Bertz CT molecular complexity index is 925. The second-order valence-electron chi connectivity index (χ2n) is 5.68. The normalized spacial score (nSPS) is 11.2. The van der Waals surface area contributed by atoms with E-state index >= 15 is 0 Å². The van der Waals surface area contributed by atoms with Gasteiger partial charge in [0.25, 0.3) is 10.0 Å². The number of nitrogens with one attached hydrogen (secondary N) is 1. The number of carboxylic acid groups (broad SMARTS) is 1. The van der Waals surface area contributed by atoms with Gasteiger partial charge in [-0.05, 0) is 56.7 Å². The maximum atomic E-state index is 12.7. The number of anilines is 2. The molecule has 0 bridgehead atoms. The molecule has 6 nitrogen and oxygen atoms in total. The van der Waals surface area contributed by atoms with Gasteiger partial charge >= 0.3 is 5.97 Å². The van der Waals surface area contributed by atoms with Crippen molar-refractivity contribution in [1.29, 1.82) is 0 Å². The fourth-order valence-corrected chi connectivity index (χ4v) is 4.25. The first kappa shape index (κ1) is 20.1. The van der Waals surface area contributed by atoms with Gasteiger partial charge in [-0.3, -0.25) is 4.72 Å². The maximum absolute atomic E-state index is 12.7. The zero-order valence-electron chi connectivity index (χ0n) is 14.8. The Morgan fingerprint density at radius 3 is 2.42 bits per heavy atom. The average molecular weight is 397 g/mol. The molecule has 140 valence electrons. The largest absolute Gasteiger partial charge is 0.478 e. The highest BCUT2D eigenvalue weighted by molar-refractivity contribution is 7.92. The summed E-state index contributed by atoms with van der Waals surface area (Å²) in [7, 11) is -3.89. The van der Waals surface area contributed by atoms with Crippen molar-refractivity contribution < 1.29 is 18.3 Å². The first-order chi connectivity index (χ1) is 12.2. The van der Waals surface area contributed by atoms with E-state index in [1.54, 1.807) is 31.2 Å². The molecule has 0 aliphatic carbocycles. The molecule has 26 heavy (non-hydrogen) atoms. The average Bonchev–Trinajstić information content (AvgIpc) is 2.58. The first-order valence-electron chi connectivity index (χ1n) is 8.11. The van der Waals surface area contributed by atoms with Crippen LogP contribution in [0.2, 0.25) is 5.02 Å². The van der Waals surface area contributed by atoms with Crippen molar-refractivity contribution in [3.05, 3.63) is 52.5 Å². The number of hydrogen-bond acceptors (Lipinski definition) is 4. The van der Waals surface area contributed by atoms with Crippen LogP contribution in [0.1, 0.15) is 29.8 Å². The van der Waals surface area contributed by atoms with Gasteiger partial charge in [0, 0.05) is 23.8 Å². The van der Waals surface area contributed by atoms with Gasteiger partial charge < -0.3 is 10.0 Å². The second kappa shape index (κ2) is 7.97.